The molecule has 15 heavy (non-hydrogen) atoms. The minimum Gasteiger partial charge on any atom is -0.489 e. The van der Waals surface area contributed by atoms with Gasteiger partial charge in [0.2, 0.25) is 0 Å². The molecule has 1 fully saturated rings. The van der Waals surface area contributed by atoms with Gasteiger partial charge in [0.05, 0.1) is 18.3 Å². The van der Waals surface area contributed by atoms with Crippen LogP contribution >= 0.6 is 11.6 Å². The molecule has 0 amide bonds. The van der Waals surface area contributed by atoms with Gasteiger partial charge in [-0.15, -0.1) is 11.6 Å². The fraction of sp³-hybridized carbons (Fsp3) is 0.600. The number of halogens is 1. The van der Waals surface area contributed by atoms with Crippen molar-refractivity contribution in [1.82, 2.24) is 15.3 Å². The van der Waals surface area contributed by atoms with Crippen molar-refractivity contribution >= 4 is 11.6 Å². The molecule has 2 rings (SSSR count). The van der Waals surface area contributed by atoms with Gasteiger partial charge in [-0.05, 0) is 19.4 Å². The van der Waals surface area contributed by atoms with Crippen LogP contribution in [0.25, 0.3) is 0 Å². The van der Waals surface area contributed by atoms with Crippen molar-refractivity contribution in [2.75, 3.05) is 13.2 Å². The topological polar surface area (TPSA) is 47.0 Å². The summed E-state index contributed by atoms with van der Waals surface area (Å²) in [6.45, 7) is 1.78. The lowest BCUT2D eigenvalue weighted by Gasteiger charge is -2.11. The molecule has 1 aromatic heterocycles. The molecule has 0 aromatic carbocycles. The van der Waals surface area contributed by atoms with Crippen molar-refractivity contribution in [2.45, 2.75) is 24.8 Å². The first-order valence-corrected chi connectivity index (χ1v) is 5.65. The van der Waals surface area contributed by atoms with Gasteiger partial charge in [-0.1, -0.05) is 0 Å². The highest BCUT2D eigenvalue weighted by atomic mass is 35.5. The maximum absolute atomic E-state index is 5.58. The van der Waals surface area contributed by atoms with Gasteiger partial charge in [-0.2, -0.15) is 0 Å². The zero-order valence-corrected chi connectivity index (χ0v) is 9.20. The Hall–Kier alpha value is -0.870. The normalized spacial score (nSPS) is 20.5. The SMILES string of the molecule is ClCc1ncc(OCC2CCCN2)cn1. The standard InChI is InChI=1S/C10H14ClN3O/c11-4-10-13-5-9(6-14-10)15-7-8-2-1-3-12-8/h5-6,8,12H,1-4,7H2. The molecule has 0 saturated carbocycles. The number of nitrogens with one attached hydrogen (secondary N) is 1. The van der Waals surface area contributed by atoms with Gasteiger partial charge in [-0.3, -0.25) is 0 Å². The first-order valence-electron chi connectivity index (χ1n) is 5.11. The fourth-order valence-electron chi connectivity index (χ4n) is 1.58. The molecule has 0 aliphatic carbocycles. The van der Waals surface area contributed by atoms with E-state index in [2.05, 4.69) is 15.3 Å². The summed E-state index contributed by atoms with van der Waals surface area (Å²) < 4.78 is 5.56. The third-order valence-electron chi connectivity index (χ3n) is 2.41. The minimum absolute atomic E-state index is 0.338. The van der Waals surface area contributed by atoms with Crippen molar-refractivity contribution in [3.05, 3.63) is 18.2 Å². The summed E-state index contributed by atoms with van der Waals surface area (Å²) in [5.74, 6) is 1.67. The number of hydrogen-bond donors (Lipinski definition) is 1. The Labute approximate surface area is 94.0 Å². The largest absolute Gasteiger partial charge is 0.489 e. The van der Waals surface area contributed by atoms with Gasteiger partial charge in [0, 0.05) is 6.04 Å². The number of aromatic nitrogens is 2. The summed E-state index contributed by atoms with van der Waals surface area (Å²) in [5, 5.41) is 3.36. The van der Waals surface area contributed by atoms with E-state index in [0.717, 1.165) is 6.54 Å². The first-order chi connectivity index (χ1) is 7.38. The molecule has 1 aliphatic rings. The highest BCUT2D eigenvalue weighted by molar-refractivity contribution is 6.16. The van der Waals surface area contributed by atoms with Crippen LogP contribution < -0.4 is 10.1 Å². The summed E-state index contributed by atoms with van der Waals surface area (Å²) in [5.41, 5.74) is 0. The van der Waals surface area contributed by atoms with E-state index in [4.69, 9.17) is 16.3 Å². The zero-order valence-electron chi connectivity index (χ0n) is 8.45. The highest BCUT2D eigenvalue weighted by Crippen LogP contribution is 2.10. The Morgan fingerprint density at radius 3 is 2.87 bits per heavy atom. The first kappa shape index (κ1) is 10.6. The number of nitrogens with zero attached hydrogens (tertiary/aromatic N) is 2. The van der Waals surface area contributed by atoms with Crippen LogP contribution in [0.3, 0.4) is 0 Å². The second-order valence-electron chi connectivity index (χ2n) is 3.57. The average molecular weight is 228 g/mol. The van der Waals surface area contributed by atoms with Crippen molar-refractivity contribution < 1.29 is 4.74 Å². The van der Waals surface area contributed by atoms with Crippen molar-refractivity contribution in [1.29, 1.82) is 0 Å². The Morgan fingerprint density at radius 2 is 2.27 bits per heavy atom. The van der Waals surface area contributed by atoms with Crippen LogP contribution in [0, 0.1) is 0 Å². The zero-order chi connectivity index (χ0) is 10.5. The lowest BCUT2D eigenvalue weighted by atomic mass is 10.2. The minimum atomic E-state index is 0.338. The fourth-order valence-corrected chi connectivity index (χ4v) is 1.72. The third-order valence-corrected chi connectivity index (χ3v) is 2.65. The number of hydrogen-bond acceptors (Lipinski definition) is 4. The molecule has 0 bridgehead atoms. The molecule has 1 atom stereocenters. The molecule has 1 aromatic rings. The summed E-state index contributed by atoms with van der Waals surface area (Å²) in [4.78, 5) is 8.11. The van der Waals surface area contributed by atoms with Crippen LogP contribution in [0.2, 0.25) is 0 Å². The summed E-state index contributed by atoms with van der Waals surface area (Å²) in [7, 11) is 0. The van der Waals surface area contributed by atoms with E-state index >= 15 is 0 Å². The van der Waals surface area contributed by atoms with E-state index in [1.807, 2.05) is 0 Å². The van der Waals surface area contributed by atoms with Gasteiger partial charge in [0.15, 0.2) is 5.75 Å². The predicted molar refractivity (Wildman–Crippen MR) is 58.1 cm³/mol. The van der Waals surface area contributed by atoms with Crippen molar-refractivity contribution in [3.63, 3.8) is 0 Å². The molecular weight excluding hydrogens is 214 g/mol. The van der Waals surface area contributed by atoms with Crippen molar-refractivity contribution in [2.24, 2.45) is 0 Å². The molecule has 1 unspecified atom stereocenters. The van der Waals surface area contributed by atoms with Crippen LogP contribution in [0.5, 0.6) is 5.75 Å². The van der Waals surface area contributed by atoms with E-state index in [1.54, 1.807) is 12.4 Å². The molecule has 4 nitrogen and oxygen atoms in total. The lowest BCUT2D eigenvalue weighted by molar-refractivity contribution is 0.275. The maximum atomic E-state index is 5.58. The Morgan fingerprint density at radius 1 is 1.47 bits per heavy atom. The molecule has 1 saturated heterocycles. The number of ether oxygens (including phenoxy) is 1. The number of alkyl halides is 1. The quantitative estimate of drug-likeness (QED) is 0.789. The van der Waals surface area contributed by atoms with Gasteiger partial charge < -0.3 is 10.1 Å². The van der Waals surface area contributed by atoms with Crippen LogP contribution in [-0.4, -0.2) is 29.2 Å². The van der Waals surface area contributed by atoms with E-state index in [9.17, 15) is 0 Å². The predicted octanol–water partition coefficient (Wildman–Crippen LogP) is 1.35. The number of rotatable bonds is 4. The second kappa shape index (κ2) is 5.28. The van der Waals surface area contributed by atoms with Gasteiger partial charge in [0.25, 0.3) is 0 Å². The monoisotopic (exact) mass is 227 g/mol. The molecule has 0 radical (unpaired) electrons. The molecular formula is C10H14ClN3O. The van der Waals surface area contributed by atoms with Gasteiger partial charge in [0.1, 0.15) is 12.4 Å². The van der Waals surface area contributed by atoms with Crippen LogP contribution in [-0.2, 0) is 5.88 Å². The van der Waals surface area contributed by atoms with Gasteiger partial charge in [-0.25, -0.2) is 9.97 Å². The molecule has 1 aliphatic heterocycles. The van der Waals surface area contributed by atoms with Crippen molar-refractivity contribution in [3.8, 4) is 5.75 Å². The van der Waals surface area contributed by atoms with E-state index < -0.39 is 0 Å². The Kier molecular flexibility index (Phi) is 3.75. The van der Waals surface area contributed by atoms with Crippen LogP contribution in [0.4, 0.5) is 0 Å². The smallest absolute Gasteiger partial charge is 0.155 e. The Balaban J connectivity index is 1.82. The molecule has 2 heterocycles. The average Bonchev–Trinajstić information content (AvgIpc) is 2.80. The maximum Gasteiger partial charge on any atom is 0.155 e. The van der Waals surface area contributed by atoms with Crippen LogP contribution in [0.15, 0.2) is 12.4 Å². The lowest BCUT2D eigenvalue weighted by Crippen LogP contribution is -2.28. The molecule has 0 spiro atoms. The summed E-state index contributed by atoms with van der Waals surface area (Å²) in [6.07, 6.45) is 5.75. The van der Waals surface area contributed by atoms with Gasteiger partial charge >= 0.3 is 0 Å². The molecule has 82 valence electrons. The van der Waals surface area contributed by atoms with Crippen LogP contribution in [0.1, 0.15) is 18.7 Å². The summed E-state index contributed by atoms with van der Waals surface area (Å²) >= 11 is 5.58. The second-order valence-corrected chi connectivity index (χ2v) is 3.84. The molecule has 1 N–H and O–H groups in total. The summed E-state index contributed by atoms with van der Waals surface area (Å²) in [6, 6.07) is 0.470. The molecule has 5 heteroatoms. The van der Waals surface area contributed by atoms with E-state index in [0.29, 0.717) is 30.1 Å². The third kappa shape index (κ3) is 3.04. The highest BCUT2D eigenvalue weighted by Gasteiger charge is 2.14. The van der Waals surface area contributed by atoms with E-state index in [1.165, 1.54) is 12.8 Å². The van der Waals surface area contributed by atoms with E-state index in [-0.39, 0.29) is 0 Å². The Bertz CT molecular complexity index is 298.